The number of rotatable bonds is 1. The van der Waals surface area contributed by atoms with Crippen LogP contribution in [-0.2, 0) is 6.42 Å². The first-order valence-corrected chi connectivity index (χ1v) is 9.39. The Morgan fingerprint density at radius 1 is 1.08 bits per heavy atom. The van der Waals surface area contributed by atoms with Crippen LogP contribution in [0.4, 0.5) is 5.69 Å². The van der Waals surface area contributed by atoms with E-state index in [9.17, 15) is 0 Å². The van der Waals surface area contributed by atoms with Crippen molar-refractivity contribution < 1.29 is 0 Å². The molecule has 5 rings (SSSR count). The van der Waals surface area contributed by atoms with E-state index in [1.54, 1.807) is 0 Å². The van der Waals surface area contributed by atoms with Crippen molar-refractivity contribution in [2.75, 3.05) is 4.90 Å². The molecule has 2 heteroatoms. The summed E-state index contributed by atoms with van der Waals surface area (Å²) in [6.07, 6.45) is 9.08. The second-order valence-electron chi connectivity index (χ2n) is 6.49. The molecule has 0 radical (unpaired) electrons. The molecule has 2 heterocycles. The smallest absolute Gasteiger partial charge is 0.0722 e. The van der Waals surface area contributed by atoms with Gasteiger partial charge in [0.05, 0.1) is 6.04 Å². The quantitative estimate of drug-likeness (QED) is 0.504. The number of allylic oxidation sites excluding steroid dienone is 2. The first-order chi connectivity index (χ1) is 11.9. The zero-order valence-electron chi connectivity index (χ0n) is 13.7. The van der Waals surface area contributed by atoms with Gasteiger partial charge in [-0.1, -0.05) is 54.6 Å². The number of hydrogen-bond donors (Lipinski definition) is 0. The van der Waals surface area contributed by atoms with Crippen LogP contribution in [0.2, 0.25) is 0 Å². The minimum absolute atomic E-state index is 0.414. The van der Waals surface area contributed by atoms with Crippen molar-refractivity contribution in [3.63, 3.8) is 0 Å². The van der Waals surface area contributed by atoms with Gasteiger partial charge in [0.1, 0.15) is 0 Å². The fourth-order valence-corrected chi connectivity index (χ4v) is 5.38. The monoisotopic (exact) mass is 329 g/mol. The van der Waals surface area contributed by atoms with E-state index in [2.05, 4.69) is 78.6 Å². The van der Waals surface area contributed by atoms with Gasteiger partial charge in [0.15, 0.2) is 0 Å². The van der Waals surface area contributed by atoms with Gasteiger partial charge in [-0.15, -0.1) is 11.3 Å². The van der Waals surface area contributed by atoms with Gasteiger partial charge in [-0.25, -0.2) is 0 Å². The Bertz CT molecular complexity index is 992. The summed E-state index contributed by atoms with van der Waals surface area (Å²) < 4.78 is 1.40. The van der Waals surface area contributed by atoms with Gasteiger partial charge < -0.3 is 4.90 Å². The summed E-state index contributed by atoms with van der Waals surface area (Å²) in [6.45, 7) is 2.17. The van der Waals surface area contributed by atoms with Crippen molar-refractivity contribution in [2.24, 2.45) is 0 Å². The third-order valence-corrected chi connectivity index (χ3v) is 6.47. The largest absolute Gasteiger partial charge is 0.336 e. The molecule has 0 N–H and O–H groups in total. The number of nitrogens with zero attached hydrogens (tertiary/aromatic N) is 1. The second kappa shape index (κ2) is 5.35. The van der Waals surface area contributed by atoms with Crippen LogP contribution in [-0.4, -0.2) is 0 Å². The van der Waals surface area contributed by atoms with E-state index in [1.807, 2.05) is 11.3 Å². The third-order valence-electron chi connectivity index (χ3n) is 5.19. The molecule has 1 atom stereocenters. The van der Waals surface area contributed by atoms with Gasteiger partial charge in [-0.2, -0.15) is 0 Å². The summed E-state index contributed by atoms with van der Waals surface area (Å²) in [5, 5.41) is 1.40. The number of anilines is 1. The first kappa shape index (κ1) is 14.1. The summed E-state index contributed by atoms with van der Waals surface area (Å²) in [7, 11) is 0. The number of benzene rings is 2. The predicted octanol–water partition coefficient (Wildman–Crippen LogP) is 6.33. The normalized spacial score (nSPS) is 20.6. The number of fused-ring (bicyclic) bond motifs is 4. The van der Waals surface area contributed by atoms with Crippen LogP contribution in [0, 0.1) is 0 Å². The molecule has 3 aromatic rings. The van der Waals surface area contributed by atoms with Crippen LogP contribution in [0.1, 0.15) is 35.4 Å². The second-order valence-corrected chi connectivity index (χ2v) is 7.57. The van der Waals surface area contributed by atoms with Crippen molar-refractivity contribution in [2.45, 2.75) is 25.8 Å². The summed E-state index contributed by atoms with van der Waals surface area (Å²) in [4.78, 5) is 4.09. The van der Waals surface area contributed by atoms with E-state index < -0.39 is 0 Å². The molecule has 0 fully saturated rings. The lowest BCUT2D eigenvalue weighted by Crippen LogP contribution is -2.25. The van der Waals surface area contributed by atoms with E-state index in [-0.39, 0.29) is 0 Å². The van der Waals surface area contributed by atoms with E-state index in [0.717, 1.165) is 12.8 Å². The van der Waals surface area contributed by atoms with Crippen molar-refractivity contribution in [1.29, 1.82) is 0 Å². The molecule has 0 saturated heterocycles. The van der Waals surface area contributed by atoms with Crippen molar-refractivity contribution >= 4 is 33.2 Å². The lowest BCUT2D eigenvalue weighted by molar-refractivity contribution is 0.695. The molecule has 0 bridgehead atoms. The zero-order valence-corrected chi connectivity index (χ0v) is 14.5. The average molecular weight is 329 g/mol. The van der Waals surface area contributed by atoms with E-state index in [4.69, 9.17) is 0 Å². The van der Waals surface area contributed by atoms with Crippen molar-refractivity contribution in [3.05, 3.63) is 82.4 Å². The van der Waals surface area contributed by atoms with Gasteiger partial charge in [-0.3, -0.25) is 0 Å². The van der Waals surface area contributed by atoms with Gasteiger partial charge >= 0.3 is 0 Å². The first-order valence-electron chi connectivity index (χ1n) is 8.57. The van der Waals surface area contributed by atoms with Crippen molar-refractivity contribution in [1.82, 2.24) is 0 Å². The van der Waals surface area contributed by atoms with Crippen LogP contribution in [0.3, 0.4) is 0 Å². The lowest BCUT2D eigenvalue weighted by Gasteiger charge is -2.32. The Balaban J connectivity index is 1.70. The maximum absolute atomic E-state index is 2.58. The molecule has 1 aliphatic heterocycles. The molecule has 1 aliphatic carbocycles. The van der Waals surface area contributed by atoms with Crippen LogP contribution in [0.5, 0.6) is 0 Å². The highest BCUT2D eigenvalue weighted by molar-refractivity contribution is 7.19. The maximum atomic E-state index is 2.58. The minimum Gasteiger partial charge on any atom is -0.336 e. The van der Waals surface area contributed by atoms with E-state index in [0.29, 0.717) is 6.04 Å². The van der Waals surface area contributed by atoms with Gasteiger partial charge in [-0.05, 0) is 36.6 Å². The number of para-hydroxylation sites is 1. The fraction of sp³-hybridized carbons (Fsp3) is 0.182. The Hall–Kier alpha value is -2.32. The van der Waals surface area contributed by atoms with Gasteiger partial charge in [0, 0.05) is 32.8 Å². The Morgan fingerprint density at radius 3 is 2.83 bits per heavy atom. The highest BCUT2D eigenvalue weighted by Crippen LogP contribution is 2.48. The SMILES string of the molecule is C/C=C1\Cc2ccccc2N1C1CC=Cc2c1sc1ccccc21. The van der Waals surface area contributed by atoms with E-state index in [1.165, 1.54) is 37.5 Å². The molecule has 0 amide bonds. The highest BCUT2D eigenvalue weighted by atomic mass is 32.1. The Labute approximate surface area is 146 Å². The highest BCUT2D eigenvalue weighted by Gasteiger charge is 2.33. The minimum atomic E-state index is 0.414. The summed E-state index contributed by atoms with van der Waals surface area (Å²) in [6, 6.07) is 18.1. The molecule has 118 valence electrons. The maximum Gasteiger partial charge on any atom is 0.0722 e. The molecule has 24 heavy (non-hydrogen) atoms. The topological polar surface area (TPSA) is 3.24 Å². The summed E-state index contributed by atoms with van der Waals surface area (Å²) in [5.41, 5.74) is 5.68. The Kier molecular flexibility index (Phi) is 3.14. The Morgan fingerprint density at radius 2 is 1.92 bits per heavy atom. The van der Waals surface area contributed by atoms with Crippen LogP contribution in [0.25, 0.3) is 16.2 Å². The van der Waals surface area contributed by atoms with Crippen molar-refractivity contribution in [3.8, 4) is 0 Å². The lowest BCUT2D eigenvalue weighted by atomic mass is 9.97. The molecular formula is C22H19NS. The van der Waals surface area contributed by atoms with Crippen LogP contribution in [0.15, 0.2) is 66.4 Å². The molecule has 1 unspecified atom stereocenters. The van der Waals surface area contributed by atoms with Gasteiger partial charge in [0.25, 0.3) is 0 Å². The van der Waals surface area contributed by atoms with Crippen LogP contribution >= 0.6 is 11.3 Å². The molecule has 1 nitrogen and oxygen atoms in total. The summed E-state index contributed by atoms with van der Waals surface area (Å²) >= 11 is 1.96. The zero-order chi connectivity index (χ0) is 16.1. The molecule has 0 spiro atoms. The molecule has 1 aromatic heterocycles. The molecule has 2 aliphatic rings. The average Bonchev–Trinajstić information content (AvgIpc) is 3.19. The predicted molar refractivity (Wildman–Crippen MR) is 105 cm³/mol. The summed E-state index contributed by atoms with van der Waals surface area (Å²) in [5.74, 6) is 0. The third kappa shape index (κ3) is 1.93. The number of hydrogen-bond acceptors (Lipinski definition) is 2. The van der Waals surface area contributed by atoms with E-state index >= 15 is 0 Å². The fourth-order valence-electron chi connectivity index (χ4n) is 4.09. The number of thiophene rings is 1. The molecular weight excluding hydrogens is 310 g/mol. The molecule has 2 aromatic carbocycles. The van der Waals surface area contributed by atoms with Gasteiger partial charge in [0.2, 0.25) is 0 Å². The standard InChI is InChI=1S/C22H19NS/c1-2-16-14-15-8-3-5-11-19(15)23(16)20-12-7-10-18-17-9-4-6-13-21(17)24-22(18)20/h2-11,13,20H,12,14H2,1H3/b16-2+. The van der Waals surface area contributed by atoms with Crippen LogP contribution < -0.4 is 4.90 Å². The molecule has 0 saturated carbocycles.